The van der Waals surface area contributed by atoms with E-state index in [-0.39, 0.29) is 0 Å². The third-order valence-electron chi connectivity index (χ3n) is 2.95. The minimum Gasteiger partial charge on any atom is -0.327 e. The third-order valence-corrected chi connectivity index (χ3v) is 2.95. The van der Waals surface area contributed by atoms with Gasteiger partial charge in [-0.1, -0.05) is 18.2 Å². The number of hydrogen-bond donors (Lipinski definition) is 1. The molecule has 0 unspecified atom stereocenters. The van der Waals surface area contributed by atoms with E-state index < -0.39 is 11.8 Å². The molecule has 0 atom stereocenters. The van der Waals surface area contributed by atoms with Crippen molar-refractivity contribution >= 4 is 17.5 Å². The molecule has 20 heavy (non-hydrogen) atoms. The molecule has 0 bridgehead atoms. The van der Waals surface area contributed by atoms with Gasteiger partial charge in [-0.25, -0.2) is 0 Å². The number of hydrogen-bond acceptors (Lipinski definition) is 2. The molecule has 2 amide bonds. The van der Waals surface area contributed by atoms with E-state index in [9.17, 15) is 9.59 Å². The fourth-order valence-corrected chi connectivity index (χ4v) is 1.70. The molecule has 106 valence electrons. The summed E-state index contributed by atoms with van der Waals surface area (Å²) in [7, 11) is 0. The lowest BCUT2D eigenvalue weighted by molar-refractivity contribution is -0.142. The molecule has 1 aromatic rings. The van der Waals surface area contributed by atoms with Crippen LogP contribution in [0.4, 0.5) is 5.69 Å². The molecule has 0 aliphatic carbocycles. The molecule has 1 rings (SSSR count). The summed E-state index contributed by atoms with van der Waals surface area (Å²) in [5.41, 5.74) is 2.81. The van der Waals surface area contributed by atoms with Crippen molar-refractivity contribution in [1.82, 2.24) is 4.90 Å². The standard InChI is InChI=1S/C16H20N2O2/c1-5-9-18(10-6-2)16(20)15(19)17-14-8-7-12(3)13(4)11-14/h5-8,11H,1-2,9-10H2,3-4H3,(H,17,19). The molecular weight excluding hydrogens is 252 g/mol. The lowest BCUT2D eigenvalue weighted by Crippen LogP contribution is -2.39. The lowest BCUT2D eigenvalue weighted by atomic mass is 10.1. The van der Waals surface area contributed by atoms with Gasteiger partial charge in [-0.05, 0) is 37.1 Å². The number of carbonyl (C=O) groups is 2. The first-order valence-corrected chi connectivity index (χ1v) is 6.39. The number of amides is 2. The number of nitrogens with zero attached hydrogens (tertiary/aromatic N) is 1. The topological polar surface area (TPSA) is 49.4 Å². The predicted molar refractivity (Wildman–Crippen MR) is 81.5 cm³/mol. The summed E-state index contributed by atoms with van der Waals surface area (Å²) in [6, 6.07) is 5.52. The summed E-state index contributed by atoms with van der Waals surface area (Å²) in [6.07, 6.45) is 3.15. The average molecular weight is 272 g/mol. The minimum absolute atomic E-state index is 0.311. The van der Waals surface area contributed by atoms with Crippen LogP contribution in [0.5, 0.6) is 0 Å². The fourth-order valence-electron chi connectivity index (χ4n) is 1.70. The van der Waals surface area contributed by atoms with Crippen molar-refractivity contribution in [3.8, 4) is 0 Å². The Balaban J connectivity index is 2.77. The van der Waals surface area contributed by atoms with Gasteiger partial charge in [0.15, 0.2) is 0 Å². The number of rotatable bonds is 5. The van der Waals surface area contributed by atoms with Crippen molar-refractivity contribution in [3.63, 3.8) is 0 Å². The molecule has 1 aromatic carbocycles. The summed E-state index contributed by atoms with van der Waals surface area (Å²) in [5.74, 6) is -1.25. The Morgan fingerprint density at radius 1 is 1.15 bits per heavy atom. The number of carbonyl (C=O) groups excluding carboxylic acids is 2. The van der Waals surface area contributed by atoms with Crippen LogP contribution in [0, 0.1) is 13.8 Å². The molecule has 0 heterocycles. The monoisotopic (exact) mass is 272 g/mol. The van der Waals surface area contributed by atoms with Crippen molar-refractivity contribution in [2.45, 2.75) is 13.8 Å². The van der Waals surface area contributed by atoms with Crippen LogP contribution < -0.4 is 5.32 Å². The van der Waals surface area contributed by atoms with Gasteiger partial charge >= 0.3 is 11.8 Å². The second-order valence-electron chi connectivity index (χ2n) is 4.54. The molecule has 1 N–H and O–H groups in total. The smallest absolute Gasteiger partial charge is 0.313 e. The van der Waals surface area contributed by atoms with Gasteiger partial charge in [0.1, 0.15) is 0 Å². The van der Waals surface area contributed by atoms with E-state index in [2.05, 4.69) is 18.5 Å². The van der Waals surface area contributed by atoms with Crippen LogP contribution in [0.15, 0.2) is 43.5 Å². The molecular formula is C16H20N2O2. The zero-order valence-electron chi connectivity index (χ0n) is 12.0. The van der Waals surface area contributed by atoms with E-state index >= 15 is 0 Å². The highest BCUT2D eigenvalue weighted by atomic mass is 16.2. The summed E-state index contributed by atoms with van der Waals surface area (Å²) in [6.45, 7) is 11.7. The summed E-state index contributed by atoms with van der Waals surface area (Å²) < 4.78 is 0. The summed E-state index contributed by atoms with van der Waals surface area (Å²) in [4.78, 5) is 25.3. The van der Waals surface area contributed by atoms with Gasteiger partial charge in [0.05, 0.1) is 0 Å². The quantitative estimate of drug-likeness (QED) is 0.661. The highest BCUT2D eigenvalue weighted by Crippen LogP contribution is 2.14. The Morgan fingerprint density at radius 3 is 2.25 bits per heavy atom. The van der Waals surface area contributed by atoms with Crippen LogP contribution in [-0.2, 0) is 9.59 Å². The van der Waals surface area contributed by atoms with Gasteiger partial charge in [-0.3, -0.25) is 9.59 Å². The molecule has 0 saturated carbocycles. The van der Waals surface area contributed by atoms with Crippen molar-refractivity contribution < 1.29 is 9.59 Å². The molecule has 0 aliphatic rings. The lowest BCUT2D eigenvalue weighted by Gasteiger charge is -2.18. The highest BCUT2D eigenvalue weighted by molar-refractivity contribution is 6.39. The zero-order chi connectivity index (χ0) is 15.1. The second-order valence-corrected chi connectivity index (χ2v) is 4.54. The first-order chi connectivity index (χ1) is 9.49. The SMILES string of the molecule is C=CCN(CC=C)C(=O)C(=O)Nc1ccc(C)c(C)c1. The first-order valence-electron chi connectivity index (χ1n) is 6.39. The minimum atomic E-state index is -0.656. The Morgan fingerprint density at radius 2 is 1.75 bits per heavy atom. The normalized spacial score (nSPS) is 9.70. The van der Waals surface area contributed by atoms with Crippen LogP contribution in [0.1, 0.15) is 11.1 Å². The van der Waals surface area contributed by atoms with Crippen LogP contribution >= 0.6 is 0 Å². The first kappa shape index (κ1) is 15.7. The molecule has 0 saturated heterocycles. The van der Waals surface area contributed by atoms with E-state index in [1.54, 1.807) is 18.2 Å². The largest absolute Gasteiger partial charge is 0.327 e. The van der Waals surface area contributed by atoms with E-state index in [1.807, 2.05) is 26.0 Å². The number of nitrogens with one attached hydrogen (secondary N) is 1. The molecule has 4 nitrogen and oxygen atoms in total. The van der Waals surface area contributed by atoms with Gasteiger partial charge in [-0.15, -0.1) is 13.2 Å². The summed E-state index contributed by atoms with van der Waals surface area (Å²) in [5, 5.41) is 2.61. The van der Waals surface area contributed by atoms with Gasteiger partial charge in [0.25, 0.3) is 0 Å². The van der Waals surface area contributed by atoms with Crippen molar-refractivity contribution in [2.24, 2.45) is 0 Å². The molecule has 4 heteroatoms. The van der Waals surface area contributed by atoms with Crippen LogP contribution in [0.2, 0.25) is 0 Å². The van der Waals surface area contributed by atoms with E-state index in [1.165, 1.54) is 4.90 Å². The molecule has 0 fully saturated rings. The maximum absolute atomic E-state index is 12.0. The predicted octanol–water partition coefficient (Wildman–Crippen LogP) is 2.44. The summed E-state index contributed by atoms with van der Waals surface area (Å²) >= 11 is 0. The van der Waals surface area contributed by atoms with Crippen LogP contribution in [0.25, 0.3) is 0 Å². The van der Waals surface area contributed by atoms with Crippen LogP contribution in [-0.4, -0.2) is 29.8 Å². The maximum atomic E-state index is 12.0. The molecule has 0 spiro atoms. The fraction of sp³-hybridized carbons (Fsp3) is 0.250. The van der Waals surface area contributed by atoms with Gasteiger partial charge in [-0.2, -0.15) is 0 Å². The second kappa shape index (κ2) is 7.28. The molecule has 0 radical (unpaired) electrons. The Hall–Kier alpha value is -2.36. The Labute approximate surface area is 119 Å². The van der Waals surface area contributed by atoms with E-state index in [0.717, 1.165) is 11.1 Å². The maximum Gasteiger partial charge on any atom is 0.313 e. The number of benzene rings is 1. The van der Waals surface area contributed by atoms with E-state index in [4.69, 9.17) is 0 Å². The highest BCUT2D eigenvalue weighted by Gasteiger charge is 2.20. The molecule has 0 aromatic heterocycles. The third kappa shape index (κ3) is 4.09. The van der Waals surface area contributed by atoms with Crippen molar-refractivity contribution in [1.29, 1.82) is 0 Å². The van der Waals surface area contributed by atoms with Gasteiger partial charge < -0.3 is 10.2 Å². The van der Waals surface area contributed by atoms with Crippen LogP contribution in [0.3, 0.4) is 0 Å². The van der Waals surface area contributed by atoms with Gasteiger partial charge in [0.2, 0.25) is 0 Å². The van der Waals surface area contributed by atoms with E-state index in [0.29, 0.717) is 18.8 Å². The van der Waals surface area contributed by atoms with Crippen molar-refractivity contribution in [2.75, 3.05) is 18.4 Å². The average Bonchev–Trinajstić information content (AvgIpc) is 2.42. The van der Waals surface area contributed by atoms with Gasteiger partial charge in [0, 0.05) is 18.8 Å². The number of anilines is 1. The Bertz CT molecular complexity index is 525. The molecule has 0 aliphatic heterocycles. The Kier molecular flexibility index (Phi) is 5.72. The van der Waals surface area contributed by atoms with Crippen molar-refractivity contribution in [3.05, 3.63) is 54.6 Å². The number of aryl methyl sites for hydroxylation is 2. The zero-order valence-corrected chi connectivity index (χ0v) is 12.0.